The van der Waals surface area contributed by atoms with Crippen molar-refractivity contribution in [3.63, 3.8) is 0 Å². The molecule has 6 heteroatoms. The molecule has 3 N–H and O–H groups in total. The molecular formula is C9H8Cl2N4. The molecule has 1 aromatic heterocycles. The van der Waals surface area contributed by atoms with Gasteiger partial charge < -0.3 is 5.73 Å². The van der Waals surface area contributed by atoms with E-state index in [2.05, 4.69) is 15.2 Å². The van der Waals surface area contributed by atoms with Crippen LogP contribution in [-0.4, -0.2) is 15.2 Å². The van der Waals surface area contributed by atoms with Gasteiger partial charge in [0, 0.05) is 5.56 Å². The third-order valence-electron chi connectivity index (χ3n) is 1.90. The van der Waals surface area contributed by atoms with Crippen LogP contribution in [-0.2, 0) is 6.54 Å². The SMILES string of the molecule is NCc1nc(-c2ccc(Cl)c(Cl)c2)n[nH]1. The molecule has 0 amide bonds. The summed E-state index contributed by atoms with van der Waals surface area (Å²) in [5.74, 6) is 1.20. The van der Waals surface area contributed by atoms with Gasteiger partial charge in [0.25, 0.3) is 0 Å². The molecule has 1 aromatic carbocycles. The largest absolute Gasteiger partial charge is 0.324 e. The minimum absolute atomic E-state index is 0.328. The highest BCUT2D eigenvalue weighted by Crippen LogP contribution is 2.26. The molecule has 0 aliphatic carbocycles. The van der Waals surface area contributed by atoms with Crippen LogP contribution in [0, 0.1) is 0 Å². The molecule has 0 fully saturated rings. The highest BCUT2D eigenvalue weighted by atomic mass is 35.5. The zero-order chi connectivity index (χ0) is 10.8. The smallest absolute Gasteiger partial charge is 0.181 e. The summed E-state index contributed by atoms with van der Waals surface area (Å²) in [6.07, 6.45) is 0. The van der Waals surface area contributed by atoms with Crippen LogP contribution in [0.1, 0.15) is 5.82 Å². The maximum atomic E-state index is 5.88. The van der Waals surface area contributed by atoms with Gasteiger partial charge in [-0.3, -0.25) is 5.10 Å². The van der Waals surface area contributed by atoms with E-state index < -0.39 is 0 Å². The van der Waals surface area contributed by atoms with E-state index in [0.29, 0.717) is 28.2 Å². The molecule has 0 aliphatic heterocycles. The molecular weight excluding hydrogens is 235 g/mol. The Morgan fingerprint density at radius 1 is 1.27 bits per heavy atom. The van der Waals surface area contributed by atoms with Gasteiger partial charge >= 0.3 is 0 Å². The average Bonchev–Trinajstić information content (AvgIpc) is 2.70. The third-order valence-corrected chi connectivity index (χ3v) is 2.64. The molecule has 0 aliphatic rings. The Hall–Kier alpha value is -1.10. The lowest BCUT2D eigenvalue weighted by Crippen LogP contribution is -1.97. The molecule has 0 bridgehead atoms. The number of aromatic nitrogens is 3. The van der Waals surface area contributed by atoms with Crippen LogP contribution in [0.3, 0.4) is 0 Å². The van der Waals surface area contributed by atoms with Crippen LogP contribution < -0.4 is 5.73 Å². The van der Waals surface area contributed by atoms with Crippen molar-refractivity contribution in [2.45, 2.75) is 6.54 Å². The Bertz CT molecular complexity index is 481. The highest BCUT2D eigenvalue weighted by molar-refractivity contribution is 6.42. The van der Waals surface area contributed by atoms with Crippen molar-refractivity contribution in [2.24, 2.45) is 5.73 Å². The average molecular weight is 243 g/mol. The van der Waals surface area contributed by atoms with Crippen molar-refractivity contribution in [2.75, 3.05) is 0 Å². The molecule has 2 aromatic rings. The molecule has 0 atom stereocenters. The molecule has 0 unspecified atom stereocenters. The Kier molecular flexibility index (Phi) is 2.90. The number of aromatic amines is 1. The fraction of sp³-hybridized carbons (Fsp3) is 0.111. The van der Waals surface area contributed by atoms with Crippen molar-refractivity contribution in [3.05, 3.63) is 34.1 Å². The van der Waals surface area contributed by atoms with E-state index in [0.717, 1.165) is 5.56 Å². The minimum atomic E-state index is 0.328. The second-order valence-electron chi connectivity index (χ2n) is 2.94. The van der Waals surface area contributed by atoms with Gasteiger partial charge in [0.1, 0.15) is 5.82 Å². The first-order valence-electron chi connectivity index (χ1n) is 4.27. The van der Waals surface area contributed by atoms with Crippen molar-refractivity contribution in [3.8, 4) is 11.4 Å². The fourth-order valence-corrected chi connectivity index (χ4v) is 1.45. The van der Waals surface area contributed by atoms with E-state index >= 15 is 0 Å². The van der Waals surface area contributed by atoms with Crippen LogP contribution >= 0.6 is 23.2 Å². The Balaban J connectivity index is 2.40. The minimum Gasteiger partial charge on any atom is -0.324 e. The number of rotatable bonds is 2. The molecule has 78 valence electrons. The van der Waals surface area contributed by atoms with Crippen molar-refractivity contribution in [1.29, 1.82) is 0 Å². The molecule has 0 radical (unpaired) electrons. The number of benzene rings is 1. The molecule has 15 heavy (non-hydrogen) atoms. The number of nitrogens with zero attached hydrogens (tertiary/aromatic N) is 2. The van der Waals surface area contributed by atoms with Gasteiger partial charge in [-0.25, -0.2) is 4.98 Å². The summed E-state index contributed by atoms with van der Waals surface area (Å²) in [5.41, 5.74) is 6.22. The fourth-order valence-electron chi connectivity index (χ4n) is 1.15. The van der Waals surface area contributed by atoms with E-state index in [9.17, 15) is 0 Å². The second-order valence-corrected chi connectivity index (χ2v) is 3.75. The van der Waals surface area contributed by atoms with Crippen molar-refractivity contribution >= 4 is 23.2 Å². The zero-order valence-corrected chi connectivity index (χ0v) is 9.18. The summed E-state index contributed by atoms with van der Waals surface area (Å²) < 4.78 is 0. The maximum Gasteiger partial charge on any atom is 0.181 e. The van der Waals surface area contributed by atoms with Crippen molar-refractivity contribution in [1.82, 2.24) is 15.2 Å². The van der Waals surface area contributed by atoms with Gasteiger partial charge in [0.15, 0.2) is 5.82 Å². The molecule has 0 saturated heterocycles. The Labute approximate surface area is 96.4 Å². The first-order valence-corrected chi connectivity index (χ1v) is 5.03. The predicted octanol–water partition coefficient (Wildman–Crippen LogP) is 2.24. The van der Waals surface area contributed by atoms with Crippen molar-refractivity contribution < 1.29 is 0 Å². The Morgan fingerprint density at radius 2 is 2.07 bits per heavy atom. The number of H-pyrrole nitrogens is 1. The van der Waals surface area contributed by atoms with Crippen LogP contribution in [0.4, 0.5) is 0 Å². The van der Waals surface area contributed by atoms with Crippen LogP contribution in [0.5, 0.6) is 0 Å². The number of nitrogens with one attached hydrogen (secondary N) is 1. The van der Waals surface area contributed by atoms with E-state index in [1.807, 2.05) is 0 Å². The molecule has 1 heterocycles. The van der Waals surface area contributed by atoms with Crippen LogP contribution in [0.25, 0.3) is 11.4 Å². The van der Waals surface area contributed by atoms with Gasteiger partial charge in [-0.1, -0.05) is 23.2 Å². The van der Waals surface area contributed by atoms with E-state index in [1.165, 1.54) is 0 Å². The maximum absolute atomic E-state index is 5.88. The van der Waals surface area contributed by atoms with E-state index in [4.69, 9.17) is 28.9 Å². The lowest BCUT2D eigenvalue weighted by atomic mass is 10.2. The third kappa shape index (κ3) is 2.12. The van der Waals surface area contributed by atoms with Crippen LogP contribution in [0.2, 0.25) is 10.0 Å². The second kappa shape index (κ2) is 4.18. The molecule has 0 spiro atoms. The zero-order valence-electron chi connectivity index (χ0n) is 7.67. The summed E-state index contributed by atoms with van der Waals surface area (Å²) in [6, 6.07) is 5.22. The molecule has 4 nitrogen and oxygen atoms in total. The number of hydrogen-bond acceptors (Lipinski definition) is 3. The summed E-state index contributed by atoms with van der Waals surface area (Å²) in [6.45, 7) is 0.328. The van der Waals surface area contributed by atoms with Crippen LogP contribution in [0.15, 0.2) is 18.2 Å². The lowest BCUT2D eigenvalue weighted by Gasteiger charge is -1.97. The topological polar surface area (TPSA) is 67.6 Å². The summed E-state index contributed by atoms with van der Waals surface area (Å²) in [5, 5.41) is 7.73. The quantitative estimate of drug-likeness (QED) is 0.849. The van der Waals surface area contributed by atoms with Gasteiger partial charge in [0.2, 0.25) is 0 Å². The normalized spacial score (nSPS) is 10.6. The van der Waals surface area contributed by atoms with Gasteiger partial charge in [-0.15, -0.1) is 0 Å². The first kappa shape index (κ1) is 10.4. The summed E-state index contributed by atoms with van der Waals surface area (Å²) >= 11 is 11.7. The van der Waals surface area contributed by atoms with Gasteiger partial charge in [-0.05, 0) is 18.2 Å². The summed E-state index contributed by atoms with van der Waals surface area (Å²) in [7, 11) is 0. The monoisotopic (exact) mass is 242 g/mol. The van der Waals surface area contributed by atoms with Gasteiger partial charge in [0.05, 0.1) is 16.6 Å². The summed E-state index contributed by atoms with van der Waals surface area (Å²) in [4.78, 5) is 4.18. The van der Waals surface area contributed by atoms with E-state index in [1.54, 1.807) is 18.2 Å². The Morgan fingerprint density at radius 3 is 2.67 bits per heavy atom. The lowest BCUT2D eigenvalue weighted by molar-refractivity contribution is 0.917. The van der Waals surface area contributed by atoms with Gasteiger partial charge in [-0.2, -0.15) is 5.10 Å². The number of halogens is 2. The predicted molar refractivity (Wildman–Crippen MR) is 59.7 cm³/mol. The highest BCUT2D eigenvalue weighted by Gasteiger charge is 2.06. The van der Waals surface area contributed by atoms with E-state index in [-0.39, 0.29) is 0 Å². The number of nitrogens with two attached hydrogens (primary N) is 1. The number of hydrogen-bond donors (Lipinski definition) is 2. The standard InChI is InChI=1S/C9H8Cl2N4/c10-6-2-1-5(3-7(6)11)9-13-8(4-12)14-15-9/h1-3H,4,12H2,(H,13,14,15). The molecule has 2 rings (SSSR count). The molecule has 0 saturated carbocycles. The first-order chi connectivity index (χ1) is 7.20.